The largest absolute Gasteiger partial charge is 0.491 e. The molecule has 0 unspecified atom stereocenters. The number of thiol groups is 1. The van der Waals surface area contributed by atoms with E-state index in [0.717, 1.165) is 17.6 Å². The average Bonchev–Trinajstić information content (AvgIpc) is 2.72. The zero-order valence-corrected chi connectivity index (χ0v) is 15.4. The Morgan fingerprint density at radius 3 is 2.00 bits per heavy atom. The summed E-state index contributed by atoms with van der Waals surface area (Å²) in [4.78, 5) is 11.2. The van der Waals surface area contributed by atoms with Gasteiger partial charge in [0.15, 0.2) is 0 Å². The molecule has 136 valence electrons. The molecule has 0 radical (unpaired) electrons. The summed E-state index contributed by atoms with van der Waals surface area (Å²) in [6.07, 6.45) is -3.13. The Balaban J connectivity index is 2.22. The van der Waals surface area contributed by atoms with Crippen molar-refractivity contribution in [3.63, 3.8) is 0 Å². The number of hydrogen-bond acceptors (Lipinski definition) is 4. The van der Waals surface area contributed by atoms with Crippen LogP contribution in [0.3, 0.4) is 0 Å². The van der Waals surface area contributed by atoms with Gasteiger partial charge in [0, 0.05) is 11.3 Å². The van der Waals surface area contributed by atoms with E-state index in [1.807, 2.05) is 27.7 Å². The van der Waals surface area contributed by atoms with Gasteiger partial charge in [-0.05, 0) is 38.7 Å². The van der Waals surface area contributed by atoms with E-state index in [9.17, 15) is 18.0 Å². The Bertz CT molecular complexity index is 665. The predicted molar refractivity (Wildman–Crippen MR) is 94.7 cm³/mol. The van der Waals surface area contributed by atoms with Gasteiger partial charge in [-0.25, -0.2) is 0 Å². The summed E-state index contributed by atoms with van der Waals surface area (Å²) >= 11 is 4.29. The van der Waals surface area contributed by atoms with Crippen molar-refractivity contribution < 1.29 is 27.3 Å². The molecule has 1 aliphatic rings. The number of Topliss-reactive ketones (excluding diaryl/α,β-unsaturated/α-hetero) is 1. The Kier molecular flexibility index (Phi) is 5.47. The summed E-state index contributed by atoms with van der Waals surface area (Å²) in [6, 6.07) is 5.21. The minimum atomic E-state index is -4.88. The van der Waals surface area contributed by atoms with Gasteiger partial charge in [0.25, 0.3) is 5.78 Å². The number of alkyl halides is 3. The first-order valence-corrected chi connectivity index (χ1v) is 8.39. The Labute approximate surface area is 151 Å². The first-order chi connectivity index (χ1) is 11.4. The van der Waals surface area contributed by atoms with Crippen molar-refractivity contribution in [2.45, 2.75) is 45.1 Å². The normalized spacial score (nSPS) is 20.0. The zero-order chi connectivity index (χ0) is 19.0. The minimum absolute atomic E-state index is 0.361. The van der Waals surface area contributed by atoms with E-state index in [1.54, 1.807) is 6.08 Å². The molecule has 3 nitrogen and oxygen atoms in total. The molecule has 0 aromatic heterocycles. The molecule has 1 saturated heterocycles. The summed E-state index contributed by atoms with van der Waals surface area (Å²) in [6.45, 7) is 7.72. The zero-order valence-electron chi connectivity index (χ0n) is 14.5. The van der Waals surface area contributed by atoms with Crippen molar-refractivity contribution >= 4 is 31.6 Å². The van der Waals surface area contributed by atoms with Crippen LogP contribution in [0.25, 0.3) is 6.08 Å². The molecule has 8 heteroatoms. The van der Waals surface area contributed by atoms with Gasteiger partial charge < -0.3 is 9.31 Å². The van der Waals surface area contributed by atoms with Crippen LogP contribution in [0, 0.1) is 0 Å². The van der Waals surface area contributed by atoms with E-state index in [1.165, 1.54) is 12.1 Å². The highest BCUT2D eigenvalue weighted by Crippen LogP contribution is 2.39. The highest BCUT2D eigenvalue weighted by molar-refractivity contribution is 7.80. The van der Waals surface area contributed by atoms with Crippen molar-refractivity contribution in [3.05, 3.63) is 40.9 Å². The second-order valence-electron chi connectivity index (χ2n) is 6.91. The van der Waals surface area contributed by atoms with Crippen molar-refractivity contribution in [1.82, 2.24) is 0 Å². The lowest BCUT2D eigenvalue weighted by Crippen LogP contribution is -2.41. The molecular formula is C17H20BF3O3S. The van der Waals surface area contributed by atoms with Gasteiger partial charge in [-0.3, -0.25) is 4.79 Å². The van der Waals surface area contributed by atoms with E-state index >= 15 is 0 Å². The lowest BCUT2D eigenvalue weighted by Gasteiger charge is -2.32. The quantitative estimate of drug-likeness (QED) is 0.484. The SMILES string of the molecule is CC1(C)OB(C(=Cc2ccc(C(=O)C(F)(F)F)cc2)CS)OC1(C)C. The molecule has 0 amide bonds. The molecule has 0 saturated carbocycles. The van der Waals surface area contributed by atoms with Gasteiger partial charge in [0.2, 0.25) is 0 Å². The number of benzene rings is 1. The molecule has 1 aromatic rings. The van der Waals surface area contributed by atoms with E-state index in [-0.39, 0.29) is 0 Å². The van der Waals surface area contributed by atoms with Crippen molar-refractivity contribution in [3.8, 4) is 0 Å². The van der Waals surface area contributed by atoms with E-state index in [4.69, 9.17) is 9.31 Å². The molecule has 1 aliphatic heterocycles. The third-order valence-corrected chi connectivity index (χ3v) is 4.89. The van der Waals surface area contributed by atoms with E-state index in [0.29, 0.717) is 11.3 Å². The van der Waals surface area contributed by atoms with Crippen LogP contribution in [0.15, 0.2) is 29.7 Å². The maximum Gasteiger partial charge on any atom is 0.491 e. The van der Waals surface area contributed by atoms with Crippen LogP contribution in [-0.2, 0) is 9.31 Å². The van der Waals surface area contributed by atoms with Gasteiger partial charge in [-0.2, -0.15) is 25.8 Å². The lowest BCUT2D eigenvalue weighted by molar-refractivity contribution is -0.0885. The van der Waals surface area contributed by atoms with Gasteiger partial charge in [0.1, 0.15) is 0 Å². The Hall–Kier alpha value is -1.25. The summed E-state index contributed by atoms with van der Waals surface area (Å²) in [5.74, 6) is -1.50. The van der Waals surface area contributed by atoms with Crippen LogP contribution in [0.2, 0.25) is 0 Å². The van der Waals surface area contributed by atoms with Crippen LogP contribution in [-0.4, -0.2) is 36.0 Å². The molecule has 1 aromatic carbocycles. The van der Waals surface area contributed by atoms with Crippen LogP contribution < -0.4 is 0 Å². The fourth-order valence-corrected chi connectivity index (χ4v) is 2.53. The topological polar surface area (TPSA) is 35.5 Å². The molecule has 0 aliphatic carbocycles. The monoisotopic (exact) mass is 372 g/mol. The van der Waals surface area contributed by atoms with E-state index in [2.05, 4.69) is 12.6 Å². The minimum Gasteiger partial charge on any atom is -0.400 e. The highest BCUT2D eigenvalue weighted by atomic mass is 32.1. The van der Waals surface area contributed by atoms with Gasteiger partial charge >= 0.3 is 13.3 Å². The standard InChI is InChI=1S/C17H20BF3O3S/c1-15(2)16(3,4)24-18(23-15)13(10-25)9-11-5-7-12(8-6-11)14(22)17(19,20)21/h5-9,25H,10H2,1-4H3. The second-order valence-corrected chi connectivity index (χ2v) is 7.23. The fourth-order valence-electron chi connectivity index (χ4n) is 2.29. The Morgan fingerprint density at radius 2 is 1.60 bits per heavy atom. The first-order valence-electron chi connectivity index (χ1n) is 7.76. The summed E-state index contributed by atoms with van der Waals surface area (Å²) in [5, 5.41) is 0. The van der Waals surface area contributed by atoms with Gasteiger partial charge in [-0.15, -0.1) is 0 Å². The predicted octanol–water partition coefficient (Wildman–Crippen LogP) is 4.38. The molecule has 25 heavy (non-hydrogen) atoms. The van der Waals surface area contributed by atoms with Crippen molar-refractivity contribution in [2.24, 2.45) is 0 Å². The van der Waals surface area contributed by atoms with Crippen LogP contribution in [0.5, 0.6) is 0 Å². The summed E-state index contributed by atoms with van der Waals surface area (Å²) in [5.41, 5.74) is -0.00663. The molecule has 1 fully saturated rings. The number of hydrogen-bond donors (Lipinski definition) is 1. The molecular weight excluding hydrogens is 352 g/mol. The van der Waals surface area contributed by atoms with Crippen LogP contribution in [0.1, 0.15) is 43.6 Å². The highest BCUT2D eigenvalue weighted by Gasteiger charge is 2.52. The molecule has 0 N–H and O–H groups in total. The smallest absolute Gasteiger partial charge is 0.400 e. The summed E-state index contributed by atoms with van der Waals surface area (Å²) < 4.78 is 49.2. The van der Waals surface area contributed by atoms with Crippen molar-refractivity contribution in [2.75, 3.05) is 5.75 Å². The molecule has 0 spiro atoms. The summed E-state index contributed by atoms with van der Waals surface area (Å²) in [7, 11) is -0.584. The lowest BCUT2D eigenvalue weighted by atomic mass is 9.78. The maximum atomic E-state index is 12.4. The average molecular weight is 372 g/mol. The van der Waals surface area contributed by atoms with Crippen LogP contribution >= 0.6 is 12.6 Å². The number of rotatable bonds is 4. The molecule has 0 atom stereocenters. The van der Waals surface area contributed by atoms with Gasteiger partial charge in [0.05, 0.1) is 11.2 Å². The molecule has 1 heterocycles. The number of ketones is 1. The van der Waals surface area contributed by atoms with Crippen LogP contribution in [0.4, 0.5) is 13.2 Å². The number of carbonyl (C=O) groups excluding carboxylic acids is 1. The Morgan fingerprint density at radius 1 is 1.12 bits per heavy atom. The molecule has 2 rings (SSSR count). The fraction of sp³-hybridized carbons (Fsp3) is 0.471. The maximum absolute atomic E-state index is 12.4. The number of carbonyl (C=O) groups is 1. The number of halogens is 3. The molecule has 0 bridgehead atoms. The van der Waals surface area contributed by atoms with Gasteiger partial charge in [-0.1, -0.05) is 30.3 Å². The van der Waals surface area contributed by atoms with Crippen molar-refractivity contribution in [1.29, 1.82) is 0 Å². The first kappa shape index (κ1) is 20.1. The van der Waals surface area contributed by atoms with E-state index < -0.39 is 35.8 Å². The third-order valence-electron chi connectivity index (χ3n) is 4.52. The second kappa shape index (κ2) is 6.81. The third kappa shape index (κ3) is 4.30.